The Hall–Kier alpha value is -1.69. The van der Waals surface area contributed by atoms with E-state index in [0.29, 0.717) is 10.9 Å². The van der Waals surface area contributed by atoms with Gasteiger partial charge in [0.05, 0.1) is 22.7 Å². The summed E-state index contributed by atoms with van der Waals surface area (Å²) in [7, 11) is -1.24. The number of nitrogens with one attached hydrogen (secondary N) is 1. The predicted octanol–water partition coefficient (Wildman–Crippen LogP) is 1.90. The van der Waals surface area contributed by atoms with Gasteiger partial charge in [0.15, 0.2) is 0 Å². The molecule has 0 aliphatic heterocycles. The molecule has 18 heavy (non-hydrogen) atoms. The van der Waals surface area contributed by atoms with Crippen LogP contribution in [0.5, 0.6) is 5.75 Å². The van der Waals surface area contributed by atoms with Crippen LogP contribution in [0.1, 0.15) is 19.4 Å². The number of H-pyrrole nitrogens is 1. The number of nitrogens with zero attached hydrogens (tertiary/aromatic N) is 2. The number of rotatable bonds is 5. The molecule has 1 N–H and O–H groups in total. The molecule has 1 heterocycles. The van der Waals surface area contributed by atoms with Crippen LogP contribution in [0.3, 0.4) is 0 Å². The molecule has 0 aliphatic carbocycles. The first-order chi connectivity index (χ1) is 8.66. The average molecular weight is 265 g/mol. The molecule has 6 heteroatoms. The van der Waals surface area contributed by atoms with Gasteiger partial charge in [-0.1, -0.05) is 18.2 Å². The van der Waals surface area contributed by atoms with Gasteiger partial charge in [0.25, 0.3) is 0 Å². The van der Waals surface area contributed by atoms with E-state index < -0.39 is 10.8 Å². The van der Waals surface area contributed by atoms with Gasteiger partial charge in [-0.3, -0.25) is 9.31 Å². The van der Waals surface area contributed by atoms with Crippen molar-refractivity contribution in [3.05, 3.63) is 36.2 Å². The molecule has 1 aromatic heterocycles. The highest BCUT2D eigenvalue weighted by atomic mass is 32.2. The Labute approximate surface area is 108 Å². The van der Waals surface area contributed by atoms with Crippen molar-refractivity contribution in [3.8, 4) is 5.75 Å². The quantitative estimate of drug-likeness (QED) is 0.896. The minimum Gasteiger partial charge on any atom is -0.491 e. The highest BCUT2D eigenvalue weighted by Gasteiger charge is 2.12. The first-order valence-corrected chi connectivity index (χ1v) is 6.97. The van der Waals surface area contributed by atoms with Crippen LogP contribution in [0.25, 0.3) is 0 Å². The lowest BCUT2D eigenvalue weighted by Crippen LogP contribution is -2.08. The summed E-state index contributed by atoms with van der Waals surface area (Å²) in [5.41, 5.74) is 0.904. The lowest BCUT2D eigenvalue weighted by Gasteiger charge is -2.13. The molecule has 0 spiro atoms. The van der Waals surface area contributed by atoms with Crippen LogP contribution in [-0.2, 0) is 16.6 Å². The number of para-hydroxylation sites is 1. The molecule has 0 bridgehead atoms. The summed E-state index contributed by atoms with van der Waals surface area (Å²) in [4.78, 5) is 3.90. The number of aromatic nitrogens is 3. The number of aromatic amines is 1. The summed E-state index contributed by atoms with van der Waals surface area (Å²) in [6.07, 6.45) is 1.44. The fourth-order valence-electron chi connectivity index (χ4n) is 1.51. The van der Waals surface area contributed by atoms with Crippen LogP contribution in [0.15, 0.2) is 35.7 Å². The maximum absolute atomic E-state index is 12.0. The summed E-state index contributed by atoms with van der Waals surface area (Å²) in [6.45, 7) is 3.92. The van der Waals surface area contributed by atoms with E-state index >= 15 is 0 Å². The summed E-state index contributed by atoms with van der Waals surface area (Å²) in [6, 6.07) is 7.59. The van der Waals surface area contributed by atoms with Crippen molar-refractivity contribution >= 4 is 10.8 Å². The topological polar surface area (TPSA) is 67.9 Å². The molecular formula is C12H15N3O2S. The first-order valence-electron chi connectivity index (χ1n) is 5.65. The summed E-state index contributed by atoms with van der Waals surface area (Å²) in [5, 5.41) is 6.69. The Bertz CT molecular complexity index is 526. The van der Waals surface area contributed by atoms with Crippen molar-refractivity contribution in [3.63, 3.8) is 0 Å². The lowest BCUT2D eigenvalue weighted by molar-refractivity contribution is 0.240. The van der Waals surface area contributed by atoms with E-state index in [1.807, 2.05) is 38.1 Å². The smallest absolute Gasteiger partial charge is 0.214 e. The number of benzene rings is 1. The molecule has 1 atom stereocenters. The van der Waals surface area contributed by atoms with E-state index in [2.05, 4.69) is 15.2 Å². The van der Waals surface area contributed by atoms with Gasteiger partial charge in [-0.25, -0.2) is 4.98 Å². The molecule has 1 unspecified atom stereocenters. The van der Waals surface area contributed by atoms with E-state index in [4.69, 9.17) is 4.74 Å². The molecule has 0 saturated carbocycles. The van der Waals surface area contributed by atoms with Crippen LogP contribution in [0.2, 0.25) is 0 Å². The van der Waals surface area contributed by atoms with E-state index in [-0.39, 0.29) is 6.10 Å². The van der Waals surface area contributed by atoms with Crippen LogP contribution >= 0.6 is 0 Å². The molecule has 0 radical (unpaired) electrons. The van der Waals surface area contributed by atoms with Gasteiger partial charge in [0.1, 0.15) is 12.1 Å². The second kappa shape index (κ2) is 5.77. The molecule has 5 nitrogen and oxygen atoms in total. The lowest BCUT2D eigenvalue weighted by atomic mass is 10.2. The second-order valence-electron chi connectivity index (χ2n) is 4.05. The third kappa shape index (κ3) is 3.16. The van der Waals surface area contributed by atoms with E-state index in [9.17, 15) is 4.21 Å². The zero-order valence-corrected chi connectivity index (χ0v) is 11.1. The normalized spacial score (nSPS) is 12.6. The van der Waals surface area contributed by atoms with Crippen LogP contribution < -0.4 is 4.74 Å². The van der Waals surface area contributed by atoms with E-state index in [1.54, 1.807) is 0 Å². The van der Waals surface area contributed by atoms with Gasteiger partial charge >= 0.3 is 0 Å². The van der Waals surface area contributed by atoms with E-state index in [0.717, 1.165) is 11.3 Å². The Balaban J connectivity index is 2.16. The maximum atomic E-state index is 12.0. The van der Waals surface area contributed by atoms with Crippen molar-refractivity contribution in [2.24, 2.45) is 0 Å². The number of hydrogen-bond donors (Lipinski definition) is 1. The molecule has 0 aliphatic rings. The fraction of sp³-hybridized carbons (Fsp3) is 0.333. The Morgan fingerprint density at radius 3 is 2.83 bits per heavy atom. The minimum atomic E-state index is -1.24. The zero-order chi connectivity index (χ0) is 13.0. The van der Waals surface area contributed by atoms with Crippen LogP contribution in [-0.4, -0.2) is 25.5 Å². The maximum Gasteiger partial charge on any atom is 0.214 e. The van der Waals surface area contributed by atoms with Gasteiger partial charge in [0.2, 0.25) is 5.16 Å². The highest BCUT2D eigenvalue weighted by molar-refractivity contribution is 7.84. The Kier molecular flexibility index (Phi) is 4.09. The largest absolute Gasteiger partial charge is 0.491 e. The summed E-state index contributed by atoms with van der Waals surface area (Å²) >= 11 is 0. The molecule has 1 aromatic carbocycles. The monoisotopic (exact) mass is 265 g/mol. The van der Waals surface area contributed by atoms with Crippen molar-refractivity contribution in [2.45, 2.75) is 30.9 Å². The second-order valence-corrected chi connectivity index (χ2v) is 5.42. The summed E-state index contributed by atoms with van der Waals surface area (Å²) in [5.74, 6) is 1.12. The molecule has 0 amide bonds. The van der Waals surface area contributed by atoms with Crippen molar-refractivity contribution in [2.75, 3.05) is 0 Å². The molecule has 2 rings (SSSR count). The Morgan fingerprint density at radius 2 is 2.17 bits per heavy atom. The van der Waals surface area contributed by atoms with Gasteiger partial charge in [-0.15, -0.1) is 0 Å². The van der Waals surface area contributed by atoms with Gasteiger partial charge < -0.3 is 4.74 Å². The van der Waals surface area contributed by atoms with Crippen LogP contribution in [0, 0.1) is 0 Å². The van der Waals surface area contributed by atoms with Gasteiger partial charge in [-0.05, 0) is 19.9 Å². The standard InChI is InChI=1S/C12H15N3O2S/c1-9(2)17-11-6-4-3-5-10(11)7-18(16)12-13-8-14-15-12/h3-6,8-9H,7H2,1-2H3,(H,13,14,15). The average Bonchev–Trinajstić information content (AvgIpc) is 2.84. The molecule has 0 fully saturated rings. The SMILES string of the molecule is CC(C)Oc1ccccc1CS(=O)c1ncn[nH]1. The Morgan fingerprint density at radius 1 is 1.39 bits per heavy atom. The number of ether oxygens (including phenoxy) is 1. The predicted molar refractivity (Wildman–Crippen MR) is 68.7 cm³/mol. The third-order valence-corrected chi connectivity index (χ3v) is 3.43. The zero-order valence-electron chi connectivity index (χ0n) is 10.3. The summed E-state index contributed by atoms with van der Waals surface area (Å²) < 4.78 is 17.7. The third-order valence-electron chi connectivity index (χ3n) is 2.23. The molecular weight excluding hydrogens is 250 g/mol. The first kappa shape index (κ1) is 12.8. The fourth-order valence-corrected chi connectivity index (χ4v) is 2.48. The molecule has 0 saturated heterocycles. The van der Waals surface area contributed by atoms with Crippen LogP contribution in [0.4, 0.5) is 0 Å². The van der Waals surface area contributed by atoms with Gasteiger partial charge in [-0.2, -0.15) is 5.10 Å². The van der Waals surface area contributed by atoms with Crippen molar-refractivity contribution < 1.29 is 8.95 Å². The molecule has 96 valence electrons. The highest BCUT2D eigenvalue weighted by Crippen LogP contribution is 2.21. The minimum absolute atomic E-state index is 0.0878. The number of hydrogen-bond acceptors (Lipinski definition) is 4. The van der Waals surface area contributed by atoms with Crippen molar-refractivity contribution in [1.29, 1.82) is 0 Å². The van der Waals surface area contributed by atoms with Crippen molar-refractivity contribution in [1.82, 2.24) is 15.2 Å². The van der Waals surface area contributed by atoms with E-state index in [1.165, 1.54) is 6.33 Å². The molecule has 2 aromatic rings. The van der Waals surface area contributed by atoms with Gasteiger partial charge in [0, 0.05) is 5.56 Å².